The number of H-pyrrole nitrogens is 1. The summed E-state index contributed by atoms with van der Waals surface area (Å²) in [4.78, 5) is 0. The summed E-state index contributed by atoms with van der Waals surface area (Å²) in [7, 11) is 0. The molecule has 0 aromatic carbocycles. The summed E-state index contributed by atoms with van der Waals surface area (Å²) in [6.07, 6.45) is 6.63. The molecule has 0 aliphatic heterocycles. The van der Waals surface area contributed by atoms with Crippen LogP contribution in [-0.2, 0) is 6.42 Å². The van der Waals surface area contributed by atoms with Crippen LogP contribution in [0.3, 0.4) is 0 Å². The molecule has 3 rings (SSSR count). The molecule has 2 fully saturated rings. The first-order valence-corrected chi connectivity index (χ1v) is 6.13. The summed E-state index contributed by atoms with van der Waals surface area (Å²) in [5, 5.41) is 7.37. The van der Waals surface area contributed by atoms with Gasteiger partial charge in [-0.3, -0.25) is 5.10 Å². The smallest absolute Gasteiger partial charge is 0.148 e. The van der Waals surface area contributed by atoms with Gasteiger partial charge in [-0.15, -0.1) is 0 Å². The van der Waals surface area contributed by atoms with E-state index in [0.717, 1.165) is 30.0 Å². The lowest BCUT2D eigenvalue weighted by molar-refractivity contribution is 0.519. The van der Waals surface area contributed by atoms with Gasteiger partial charge in [0, 0.05) is 17.2 Å². The van der Waals surface area contributed by atoms with E-state index in [1.165, 1.54) is 36.9 Å². The molecular formula is C12H19N3. The monoisotopic (exact) mass is 205 g/mol. The number of hydrogen-bond acceptors (Lipinski definition) is 2. The van der Waals surface area contributed by atoms with Crippen LogP contribution in [0.5, 0.6) is 0 Å². The second-order valence-electron chi connectivity index (χ2n) is 5.06. The third-order valence-corrected chi connectivity index (χ3v) is 3.88. The fourth-order valence-corrected chi connectivity index (χ4v) is 2.81. The van der Waals surface area contributed by atoms with Gasteiger partial charge in [-0.25, -0.2) is 0 Å². The van der Waals surface area contributed by atoms with E-state index in [1.54, 1.807) is 0 Å². The number of hydrogen-bond donors (Lipinski definition) is 2. The second kappa shape index (κ2) is 3.26. The maximum absolute atomic E-state index is 5.89. The van der Waals surface area contributed by atoms with Crippen LogP contribution < -0.4 is 5.73 Å². The molecule has 1 heterocycles. The van der Waals surface area contributed by atoms with Crippen molar-refractivity contribution in [2.45, 2.75) is 44.9 Å². The van der Waals surface area contributed by atoms with Crippen molar-refractivity contribution >= 4 is 5.82 Å². The third kappa shape index (κ3) is 1.54. The molecule has 3 heteroatoms. The second-order valence-corrected chi connectivity index (χ2v) is 5.06. The van der Waals surface area contributed by atoms with Crippen molar-refractivity contribution in [1.82, 2.24) is 10.2 Å². The van der Waals surface area contributed by atoms with Gasteiger partial charge in [-0.05, 0) is 43.9 Å². The highest BCUT2D eigenvalue weighted by molar-refractivity contribution is 5.44. The first-order chi connectivity index (χ1) is 7.31. The van der Waals surface area contributed by atoms with Gasteiger partial charge in [0.2, 0.25) is 0 Å². The first kappa shape index (κ1) is 9.25. The summed E-state index contributed by atoms with van der Waals surface area (Å²) in [5.41, 5.74) is 8.53. The molecule has 0 radical (unpaired) electrons. The maximum atomic E-state index is 5.89. The molecule has 0 amide bonds. The highest BCUT2D eigenvalue weighted by Gasteiger charge is 2.44. The number of rotatable bonds is 4. The Balaban J connectivity index is 1.94. The molecule has 0 atom stereocenters. The van der Waals surface area contributed by atoms with Gasteiger partial charge in [-0.2, -0.15) is 5.10 Å². The van der Waals surface area contributed by atoms with Crippen LogP contribution in [0.25, 0.3) is 0 Å². The van der Waals surface area contributed by atoms with E-state index in [1.807, 2.05) is 0 Å². The SMILES string of the molecule is CCc1c(N)n[nH]c1C(C1CC1)C1CC1. The first-order valence-electron chi connectivity index (χ1n) is 6.13. The fraction of sp³-hybridized carbons (Fsp3) is 0.750. The standard InChI is InChI=1S/C12H19N3/c1-2-9-11(14-15-12(9)13)10(7-3-4-7)8-5-6-8/h7-8,10H,2-6H2,1H3,(H3,13,14,15). The Kier molecular flexibility index (Phi) is 2.01. The van der Waals surface area contributed by atoms with Crippen LogP contribution in [0.4, 0.5) is 5.82 Å². The zero-order valence-electron chi connectivity index (χ0n) is 9.29. The molecule has 2 aliphatic rings. The van der Waals surface area contributed by atoms with Gasteiger partial charge < -0.3 is 5.73 Å². The summed E-state index contributed by atoms with van der Waals surface area (Å²) in [6.45, 7) is 2.17. The van der Waals surface area contributed by atoms with Crippen LogP contribution in [0, 0.1) is 11.8 Å². The molecule has 3 N–H and O–H groups in total. The fourth-order valence-electron chi connectivity index (χ4n) is 2.81. The van der Waals surface area contributed by atoms with E-state index in [-0.39, 0.29) is 0 Å². The number of anilines is 1. The van der Waals surface area contributed by atoms with E-state index in [0.29, 0.717) is 0 Å². The van der Waals surface area contributed by atoms with Crippen molar-refractivity contribution < 1.29 is 0 Å². The summed E-state index contributed by atoms with van der Waals surface area (Å²) < 4.78 is 0. The van der Waals surface area contributed by atoms with Crippen LogP contribution in [0.15, 0.2) is 0 Å². The van der Waals surface area contributed by atoms with E-state index in [2.05, 4.69) is 17.1 Å². The normalized spacial score (nSPS) is 21.2. The highest BCUT2D eigenvalue weighted by Crippen LogP contribution is 2.54. The van der Waals surface area contributed by atoms with E-state index in [4.69, 9.17) is 5.73 Å². The molecule has 82 valence electrons. The molecule has 15 heavy (non-hydrogen) atoms. The van der Waals surface area contributed by atoms with Crippen molar-refractivity contribution in [3.05, 3.63) is 11.3 Å². The van der Waals surface area contributed by atoms with Crippen molar-refractivity contribution in [3.8, 4) is 0 Å². The Labute approximate surface area is 90.4 Å². The van der Waals surface area contributed by atoms with E-state index >= 15 is 0 Å². The lowest BCUT2D eigenvalue weighted by Gasteiger charge is -2.15. The van der Waals surface area contributed by atoms with E-state index in [9.17, 15) is 0 Å². The minimum atomic E-state index is 0.721. The topological polar surface area (TPSA) is 54.7 Å². The average Bonchev–Trinajstić information content (AvgIpc) is 3.09. The van der Waals surface area contributed by atoms with E-state index < -0.39 is 0 Å². The lowest BCUT2D eigenvalue weighted by atomic mass is 9.91. The highest BCUT2D eigenvalue weighted by atomic mass is 15.2. The van der Waals surface area contributed by atoms with Gasteiger partial charge >= 0.3 is 0 Å². The number of nitrogens with two attached hydrogens (primary N) is 1. The summed E-state index contributed by atoms with van der Waals surface area (Å²) >= 11 is 0. The summed E-state index contributed by atoms with van der Waals surface area (Å²) in [5.74, 6) is 3.30. The van der Waals surface area contributed by atoms with Gasteiger partial charge in [0.05, 0.1) is 0 Å². The predicted octanol–water partition coefficient (Wildman–Crippen LogP) is 2.46. The van der Waals surface area contributed by atoms with Crippen LogP contribution in [0.1, 0.15) is 49.8 Å². The molecule has 0 unspecified atom stereocenters. The number of aromatic amines is 1. The molecule has 0 saturated heterocycles. The molecule has 1 aromatic rings. The lowest BCUT2D eigenvalue weighted by Crippen LogP contribution is -2.07. The Bertz CT molecular complexity index is 349. The molecule has 0 spiro atoms. The van der Waals surface area contributed by atoms with Crippen molar-refractivity contribution in [3.63, 3.8) is 0 Å². The van der Waals surface area contributed by atoms with Crippen LogP contribution in [-0.4, -0.2) is 10.2 Å². The number of aromatic nitrogens is 2. The molecule has 0 bridgehead atoms. The molecule has 3 nitrogen and oxygen atoms in total. The van der Waals surface area contributed by atoms with Gasteiger partial charge in [0.15, 0.2) is 0 Å². The largest absolute Gasteiger partial charge is 0.382 e. The number of nitrogens with zero attached hydrogens (tertiary/aromatic N) is 1. The Hall–Kier alpha value is -0.990. The maximum Gasteiger partial charge on any atom is 0.148 e. The molecule has 2 saturated carbocycles. The zero-order valence-corrected chi connectivity index (χ0v) is 9.29. The van der Waals surface area contributed by atoms with Gasteiger partial charge in [0.25, 0.3) is 0 Å². The third-order valence-electron chi connectivity index (χ3n) is 3.88. The van der Waals surface area contributed by atoms with Crippen molar-refractivity contribution in [1.29, 1.82) is 0 Å². The van der Waals surface area contributed by atoms with Gasteiger partial charge in [-0.1, -0.05) is 6.92 Å². The van der Waals surface area contributed by atoms with Crippen molar-refractivity contribution in [2.24, 2.45) is 11.8 Å². The van der Waals surface area contributed by atoms with Crippen LogP contribution >= 0.6 is 0 Å². The Morgan fingerprint density at radius 2 is 1.93 bits per heavy atom. The average molecular weight is 205 g/mol. The van der Waals surface area contributed by atoms with Gasteiger partial charge in [0.1, 0.15) is 5.82 Å². The molecule has 2 aliphatic carbocycles. The minimum Gasteiger partial charge on any atom is -0.382 e. The number of nitrogen functional groups attached to an aromatic ring is 1. The molecule has 1 aromatic heterocycles. The number of nitrogens with one attached hydrogen (secondary N) is 1. The predicted molar refractivity (Wildman–Crippen MR) is 60.6 cm³/mol. The quantitative estimate of drug-likeness (QED) is 0.793. The Morgan fingerprint density at radius 3 is 2.40 bits per heavy atom. The summed E-state index contributed by atoms with van der Waals surface area (Å²) in [6, 6.07) is 0. The minimum absolute atomic E-state index is 0.721. The molecular weight excluding hydrogens is 186 g/mol. The van der Waals surface area contributed by atoms with Crippen molar-refractivity contribution in [2.75, 3.05) is 5.73 Å². The zero-order chi connectivity index (χ0) is 10.4. The van der Waals surface area contributed by atoms with Crippen LogP contribution in [0.2, 0.25) is 0 Å². The Morgan fingerprint density at radius 1 is 1.33 bits per heavy atom.